The normalized spacial score (nSPS) is 13.0. The Kier molecular flexibility index (Phi) is 5.89. The summed E-state index contributed by atoms with van der Waals surface area (Å²) in [6.07, 6.45) is 0.692. The van der Waals surface area contributed by atoms with Gasteiger partial charge in [0.05, 0.1) is 10.6 Å². The topological polar surface area (TPSA) is 75.7 Å². The van der Waals surface area contributed by atoms with Gasteiger partial charge in [0.25, 0.3) is 15.9 Å². The zero-order valence-corrected chi connectivity index (χ0v) is 18.4. The number of fused-ring (bicyclic) bond motifs is 1. The van der Waals surface area contributed by atoms with Gasteiger partial charge in [-0.05, 0) is 66.9 Å². The predicted molar refractivity (Wildman–Crippen MR) is 121 cm³/mol. The standard InChI is InChI=1S/C23H21ClN2O4S/c1-16-6-7-18(14-21(16)24)25-23(27)15-30-19-8-10-20(11-9-19)31(28,29)26-13-12-17-4-2-3-5-22(17)26/h2-11,14H,12-13,15H2,1H3,(H,25,27). The second-order valence-electron chi connectivity index (χ2n) is 7.23. The minimum Gasteiger partial charge on any atom is -0.484 e. The molecule has 1 N–H and O–H groups in total. The van der Waals surface area contributed by atoms with E-state index in [0.29, 0.717) is 29.4 Å². The first-order valence-corrected chi connectivity index (χ1v) is 11.6. The van der Waals surface area contributed by atoms with Crippen molar-refractivity contribution in [2.75, 3.05) is 22.8 Å². The number of aryl methyl sites for hydroxylation is 1. The predicted octanol–water partition coefficient (Wildman–Crippen LogP) is 4.42. The van der Waals surface area contributed by atoms with Gasteiger partial charge in [0, 0.05) is 17.3 Å². The van der Waals surface area contributed by atoms with E-state index in [-0.39, 0.29) is 17.4 Å². The summed E-state index contributed by atoms with van der Waals surface area (Å²) in [6.45, 7) is 2.09. The second kappa shape index (κ2) is 8.61. The van der Waals surface area contributed by atoms with Crippen LogP contribution in [0.3, 0.4) is 0 Å². The zero-order valence-electron chi connectivity index (χ0n) is 16.8. The maximum absolute atomic E-state index is 13.0. The molecule has 1 aliphatic rings. The molecular formula is C23H21ClN2O4S. The average molecular weight is 457 g/mol. The molecule has 1 aliphatic heterocycles. The van der Waals surface area contributed by atoms with Crippen molar-refractivity contribution >= 4 is 38.9 Å². The van der Waals surface area contributed by atoms with E-state index in [9.17, 15) is 13.2 Å². The van der Waals surface area contributed by atoms with Crippen molar-refractivity contribution in [3.8, 4) is 5.75 Å². The van der Waals surface area contributed by atoms with Gasteiger partial charge in [-0.3, -0.25) is 9.10 Å². The molecule has 0 radical (unpaired) electrons. The van der Waals surface area contributed by atoms with E-state index in [1.807, 2.05) is 37.3 Å². The van der Waals surface area contributed by atoms with Crippen LogP contribution in [0.1, 0.15) is 11.1 Å². The molecule has 0 aliphatic carbocycles. The minimum atomic E-state index is -3.66. The highest BCUT2D eigenvalue weighted by Crippen LogP contribution is 2.33. The number of para-hydroxylation sites is 1. The molecule has 0 saturated heterocycles. The van der Waals surface area contributed by atoms with E-state index < -0.39 is 10.0 Å². The molecule has 160 valence electrons. The van der Waals surface area contributed by atoms with Crippen LogP contribution in [0.25, 0.3) is 0 Å². The third kappa shape index (κ3) is 4.52. The summed E-state index contributed by atoms with van der Waals surface area (Å²) in [5.74, 6) is 0.0585. The first kappa shape index (κ1) is 21.2. The quantitative estimate of drug-likeness (QED) is 0.595. The lowest BCUT2D eigenvalue weighted by Gasteiger charge is -2.19. The lowest BCUT2D eigenvalue weighted by molar-refractivity contribution is -0.118. The van der Waals surface area contributed by atoms with Crippen LogP contribution in [0.15, 0.2) is 71.6 Å². The summed E-state index contributed by atoms with van der Waals surface area (Å²) in [4.78, 5) is 12.3. The summed E-state index contributed by atoms with van der Waals surface area (Å²) < 4.78 is 33.0. The molecule has 0 fully saturated rings. The van der Waals surface area contributed by atoms with Crippen LogP contribution in [0.5, 0.6) is 5.75 Å². The van der Waals surface area contributed by atoms with Crippen molar-refractivity contribution in [2.45, 2.75) is 18.2 Å². The van der Waals surface area contributed by atoms with Crippen LogP contribution in [-0.4, -0.2) is 27.5 Å². The van der Waals surface area contributed by atoms with Gasteiger partial charge >= 0.3 is 0 Å². The number of amides is 1. The lowest BCUT2D eigenvalue weighted by Crippen LogP contribution is -2.29. The van der Waals surface area contributed by atoms with Gasteiger partial charge in [-0.1, -0.05) is 35.9 Å². The first-order chi connectivity index (χ1) is 14.8. The minimum absolute atomic E-state index is 0.176. The molecule has 3 aromatic rings. The van der Waals surface area contributed by atoms with E-state index in [4.69, 9.17) is 16.3 Å². The first-order valence-electron chi connectivity index (χ1n) is 9.74. The summed E-state index contributed by atoms with van der Waals surface area (Å²) in [5, 5.41) is 3.28. The fourth-order valence-electron chi connectivity index (χ4n) is 3.41. The van der Waals surface area contributed by atoms with Crippen molar-refractivity contribution in [3.05, 3.63) is 82.9 Å². The molecule has 31 heavy (non-hydrogen) atoms. The molecule has 3 aromatic carbocycles. The number of carbonyl (C=O) groups is 1. The Labute approximate surface area is 186 Å². The number of halogens is 1. The van der Waals surface area contributed by atoms with Crippen molar-refractivity contribution in [1.29, 1.82) is 0 Å². The summed E-state index contributed by atoms with van der Waals surface area (Å²) in [5.41, 5.74) is 3.24. The van der Waals surface area contributed by atoms with Crippen LogP contribution >= 0.6 is 11.6 Å². The van der Waals surface area contributed by atoms with Crippen molar-refractivity contribution in [3.63, 3.8) is 0 Å². The Bertz CT molecular complexity index is 1230. The maximum Gasteiger partial charge on any atom is 0.264 e. The van der Waals surface area contributed by atoms with Gasteiger partial charge in [0.15, 0.2) is 6.61 Å². The molecule has 0 aromatic heterocycles. The van der Waals surface area contributed by atoms with Gasteiger partial charge in [-0.25, -0.2) is 8.42 Å². The van der Waals surface area contributed by atoms with Gasteiger partial charge in [0.1, 0.15) is 5.75 Å². The number of nitrogens with one attached hydrogen (secondary N) is 1. The molecule has 8 heteroatoms. The highest BCUT2D eigenvalue weighted by atomic mass is 35.5. The van der Waals surface area contributed by atoms with Crippen LogP contribution in [0.2, 0.25) is 5.02 Å². The lowest BCUT2D eigenvalue weighted by atomic mass is 10.2. The van der Waals surface area contributed by atoms with E-state index in [2.05, 4.69) is 5.32 Å². The van der Waals surface area contributed by atoms with Crippen LogP contribution in [-0.2, 0) is 21.2 Å². The zero-order chi connectivity index (χ0) is 22.0. The molecule has 6 nitrogen and oxygen atoms in total. The number of hydrogen-bond donors (Lipinski definition) is 1. The van der Waals surface area contributed by atoms with Crippen molar-refractivity contribution < 1.29 is 17.9 Å². The molecule has 4 rings (SSSR count). The van der Waals surface area contributed by atoms with Crippen LogP contribution in [0, 0.1) is 6.92 Å². The molecule has 0 unspecified atom stereocenters. The number of carbonyl (C=O) groups excluding carboxylic acids is 1. The molecule has 1 heterocycles. The van der Waals surface area contributed by atoms with Crippen molar-refractivity contribution in [2.24, 2.45) is 0 Å². The number of anilines is 2. The third-order valence-electron chi connectivity index (χ3n) is 5.08. The number of benzene rings is 3. The molecule has 0 bridgehead atoms. The Morgan fingerprint density at radius 1 is 1.10 bits per heavy atom. The highest BCUT2D eigenvalue weighted by Gasteiger charge is 2.30. The fraction of sp³-hybridized carbons (Fsp3) is 0.174. The molecule has 0 saturated carbocycles. The van der Waals surface area contributed by atoms with Gasteiger partial charge < -0.3 is 10.1 Å². The van der Waals surface area contributed by atoms with Gasteiger partial charge in [-0.15, -0.1) is 0 Å². The maximum atomic E-state index is 13.0. The Hall–Kier alpha value is -3.03. The SMILES string of the molecule is Cc1ccc(NC(=O)COc2ccc(S(=O)(=O)N3CCc4ccccc43)cc2)cc1Cl. The number of nitrogens with zero attached hydrogens (tertiary/aromatic N) is 1. The Morgan fingerprint density at radius 2 is 1.84 bits per heavy atom. The fourth-order valence-corrected chi connectivity index (χ4v) is 5.09. The molecule has 0 atom stereocenters. The number of sulfonamides is 1. The monoisotopic (exact) mass is 456 g/mol. The highest BCUT2D eigenvalue weighted by molar-refractivity contribution is 7.92. The number of ether oxygens (including phenoxy) is 1. The van der Waals surface area contributed by atoms with E-state index >= 15 is 0 Å². The smallest absolute Gasteiger partial charge is 0.264 e. The Balaban J connectivity index is 1.39. The second-order valence-corrected chi connectivity index (χ2v) is 9.50. The van der Waals surface area contributed by atoms with E-state index in [1.165, 1.54) is 16.4 Å². The van der Waals surface area contributed by atoms with E-state index in [0.717, 1.165) is 16.8 Å². The largest absolute Gasteiger partial charge is 0.484 e. The third-order valence-corrected chi connectivity index (χ3v) is 7.32. The molecule has 0 spiro atoms. The van der Waals surface area contributed by atoms with Gasteiger partial charge in [-0.2, -0.15) is 0 Å². The van der Waals surface area contributed by atoms with Crippen LogP contribution in [0.4, 0.5) is 11.4 Å². The van der Waals surface area contributed by atoms with E-state index in [1.54, 1.807) is 24.3 Å². The van der Waals surface area contributed by atoms with Crippen LogP contribution < -0.4 is 14.4 Å². The number of hydrogen-bond acceptors (Lipinski definition) is 4. The Morgan fingerprint density at radius 3 is 2.58 bits per heavy atom. The molecular weight excluding hydrogens is 436 g/mol. The summed E-state index contributed by atoms with van der Waals surface area (Å²) >= 11 is 6.06. The summed E-state index contributed by atoms with van der Waals surface area (Å²) in [7, 11) is -3.66. The number of rotatable bonds is 6. The van der Waals surface area contributed by atoms with Crippen molar-refractivity contribution in [1.82, 2.24) is 0 Å². The van der Waals surface area contributed by atoms with Gasteiger partial charge in [0.2, 0.25) is 0 Å². The summed E-state index contributed by atoms with van der Waals surface area (Å²) in [6, 6.07) is 18.8. The average Bonchev–Trinajstić information content (AvgIpc) is 3.20. The molecule has 1 amide bonds.